The maximum Gasteiger partial charge on any atom is 0.275 e. The Kier molecular flexibility index (Phi) is 5.40. The summed E-state index contributed by atoms with van der Waals surface area (Å²) in [6.45, 7) is 2.32. The molecule has 3 aromatic rings. The molecular weight excluding hydrogens is 382 g/mol. The maximum absolute atomic E-state index is 12.3. The fourth-order valence-electron chi connectivity index (χ4n) is 2.17. The Morgan fingerprint density at radius 3 is 2.60 bits per heavy atom. The lowest BCUT2D eigenvalue weighted by molar-refractivity contribution is 0.102. The summed E-state index contributed by atoms with van der Waals surface area (Å²) in [6, 6.07) is 15.4. The number of halogens is 1. The number of benzene rings is 2. The number of carbonyl (C=O) groups excluding carboxylic acids is 1. The minimum absolute atomic E-state index is 0.228. The number of nitrogens with one attached hydrogen (secondary N) is 1. The van der Waals surface area contributed by atoms with Gasteiger partial charge in [-0.25, -0.2) is 9.97 Å². The number of rotatable bonds is 5. The third-order valence-corrected chi connectivity index (χ3v) is 4.47. The van der Waals surface area contributed by atoms with Gasteiger partial charge in [0.1, 0.15) is 12.3 Å². The fraction of sp³-hybridized carbons (Fsp3) is 0.105. The molecule has 5 nitrogen and oxygen atoms in total. The summed E-state index contributed by atoms with van der Waals surface area (Å²) in [5, 5.41) is 2.83. The normalized spacial score (nSPS) is 10.3. The highest BCUT2D eigenvalue weighted by atomic mass is 79.9. The van der Waals surface area contributed by atoms with Crippen LogP contribution in [-0.4, -0.2) is 15.9 Å². The summed E-state index contributed by atoms with van der Waals surface area (Å²) < 4.78 is 6.50. The first-order valence-electron chi connectivity index (χ1n) is 7.69. The second-order valence-corrected chi connectivity index (χ2v) is 6.24. The maximum atomic E-state index is 12.3. The molecule has 0 fully saturated rings. The molecule has 25 heavy (non-hydrogen) atoms. The van der Waals surface area contributed by atoms with Gasteiger partial charge in [0.15, 0.2) is 0 Å². The lowest BCUT2D eigenvalue weighted by atomic mass is 10.2. The third kappa shape index (κ3) is 4.42. The van der Waals surface area contributed by atoms with E-state index >= 15 is 0 Å². The lowest BCUT2D eigenvalue weighted by Crippen LogP contribution is -2.15. The molecule has 0 saturated heterocycles. The van der Waals surface area contributed by atoms with Crippen LogP contribution in [0.3, 0.4) is 0 Å². The molecule has 6 heteroatoms. The zero-order valence-electron chi connectivity index (χ0n) is 13.6. The Morgan fingerprint density at radius 1 is 1.08 bits per heavy atom. The van der Waals surface area contributed by atoms with Crippen molar-refractivity contribution in [3.05, 3.63) is 82.2 Å². The van der Waals surface area contributed by atoms with Crippen molar-refractivity contribution in [2.45, 2.75) is 13.5 Å². The van der Waals surface area contributed by atoms with E-state index in [1.165, 1.54) is 12.4 Å². The van der Waals surface area contributed by atoms with Crippen LogP contribution in [0.25, 0.3) is 0 Å². The molecule has 0 aliphatic carbocycles. The summed E-state index contributed by atoms with van der Waals surface area (Å²) in [5.74, 6) is 0.0577. The highest BCUT2D eigenvalue weighted by Crippen LogP contribution is 2.23. The number of ether oxygens (including phenoxy) is 1. The minimum atomic E-state index is -0.316. The zero-order valence-corrected chi connectivity index (χ0v) is 15.2. The van der Waals surface area contributed by atoms with Gasteiger partial charge in [0.2, 0.25) is 5.88 Å². The molecule has 0 aliphatic rings. The first kappa shape index (κ1) is 17.1. The Hall–Kier alpha value is -2.73. The topological polar surface area (TPSA) is 64.1 Å². The van der Waals surface area contributed by atoms with Crippen molar-refractivity contribution in [1.29, 1.82) is 0 Å². The monoisotopic (exact) mass is 397 g/mol. The van der Waals surface area contributed by atoms with Crippen LogP contribution >= 0.6 is 15.9 Å². The standard InChI is InChI=1S/C19H16BrN3O2/c1-13-15(20)8-5-9-16(13)23-19(24)17-10-22-18(11-21-17)25-12-14-6-3-2-4-7-14/h2-11H,12H2,1H3,(H,23,24). The number of anilines is 1. The smallest absolute Gasteiger partial charge is 0.275 e. The Labute approximate surface area is 154 Å². The van der Waals surface area contributed by atoms with Crippen LogP contribution in [-0.2, 0) is 6.61 Å². The summed E-state index contributed by atoms with van der Waals surface area (Å²) in [6.07, 6.45) is 2.86. The van der Waals surface area contributed by atoms with Gasteiger partial charge in [-0.3, -0.25) is 4.79 Å². The Bertz CT molecular complexity index is 868. The van der Waals surface area contributed by atoms with Crippen LogP contribution in [0, 0.1) is 6.92 Å². The van der Waals surface area contributed by atoms with Gasteiger partial charge in [-0.2, -0.15) is 0 Å². The van der Waals surface area contributed by atoms with Crippen LogP contribution in [0.4, 0.5) is 5.69 Å². The van der Waals surface area contributed by atoms with Gasteiger partial charge in [0, 0.05) is 10.2 Å². The van der Waals surface area contributed by atoms with Crippen molar-refractivity contribution < 1.29 is 9.53 Å². The Balaban J connectivity index is 1.63. The summed E-state index contributed by atoms with van der Waals surface area (Å²) in [5.41, 5.74) is 2.94. The quantitative estimate of drug-likeness (QED) is 0.693. The molecule has 126 valence electrons. The minimum Gasteiger partial charge on any atom is -0.472 e. The summed E-state index contributed by atoms with van der Waals surface area (Å²) in [7, 11) is 0. The number of nitrogens with zero attached hydrogens (tertiary/aromatic N) is 2. The predicted molar refractivity (Wildman–Crippen MR) is 99.6 cm³/mol. The average molecular weight is 398 g/mol. The van der Waals surface area contributed by atoms with E-state index in [1.54, 1.807) is 0 Å². The molecule has 0 saturated carbocycles. The van der Waals surface area contributed by atoms with Crippen LogP contribution in [0.15, 0.2) is 65.4 Å². The van der Waals surface area contributed by atoms with E-state index in [9.17, 15) is 4.79 Å². The largest absolute Gasteiger partial charge is 0.472 e. The van der Waals surface area contributed by atoms with Crippen molar-refractivity contribution >= 4 is 27.5 Å². The van der Waals surface area contributed by atoms with E-state index in [4.69, 9.17) is 4.74 Å². The van der Waals surface area contributed by atoms with Gasteiger partial charge in [-0.1, -0.05) is 52.3 Å². The third-order valence-electron chi connectivity index (χ3n) is 3.61. The number of hydrogen-bond donors (Lipinski definition) is 1. The second-order valence-electron chi connectivity index (χ2n) is 5.38. The fourth-order valence-corrected chi connectivity index (χ4v) is 2.53. The number of hydrogen-bond acceptors (Lipinski definition) is 4. The number of amides is 1. The molecule has 1 heterocycles. The van der Waals surface area contributed by atoms with Crippen molar-refractivity contribution in [2.24, 2.45) is 0 Å². The highest BCUT2D eigenvalue weighted by Gasteiger charge is 2.11. The molecule has 0 unspecified atom stereocenters. The van der Waals surface area contributed by atoms with E-state index in [2.05, 4.69) is 31.2 Å². The van der Waals surface area contributed by atoms with Crippen molar-refractivity contribution in [3.8, 4) is 5.88 Å². The average Bonchev–Trinajstić information content (AvgIpc) is 2.65. The van der Waals surface area contributed by atoms with Crippen LogP contribution in [0.1, 0.15) is 21.6 Å². The molecule has 1 aromatic heterocycles. The summed E-state index contributed by atoms with van der Waals surface area (Å²) >= 11 is 3.44. The van der Waals surface area contributed by atoms with E-state index in [-0.39, 0.29) is 11.6 Å². The predicted octanol–water partition coefficient (Wildman–Crippen LogP) is 4.38. The van der Waals surface area contributed by atoms with Crippen molar-refractivity contribution in [1.82, 2.24) is 9.97 Å². The van der Waals surface area contributed by atoms with Gasteiger partial charge in [-0.15, -0.1) is 0 Å². The van der Waals surface area contributed by atoms with Gasteiger partial charge in [0.25, 0.3) is 5.91 Å². The molecule has 0 atom stereocenters. The van der Waals surface area contributed by atoms with E-state index in [0.717, 1.165) is 21.3 Å². The van der Waals surface area contributed by atoms with Crippen LogP contribution < -0.4 is 10.1 Å². The first-order valence-corrected chi connectivity index (χ1v) is 8.48. The molecule has 0 aliphatic heterocycles. The van der Waals surface area contributed by atoms with E-state index in [0.29, 0.717) is 12.5 Å². The molecule has 1 N–H and O–H groups in total. The zero-order chi connectivity index (χ0) is 17.6. The molecule has 2 aromatic carbocycles. The molecule has 1 amide bonds. The van der Waals surface area contributed by atoms with E-state index < -0.39 is 0 Å². The van der Waals surface area contributed by atoms with Crippen molar-refractivity contribution in [2.75, 3.05) is 5.32 Å². The first-order chi connectivity index (χ1) is 12.1. The number of aromatic nitrogens is 2. The Morgan fingerprint density at radius 2 is 1.88 bits per heavy atom. The van der Waals surface area contributed by atoms with Gasteiger partial charge in [0.05, 0.1) is 12.4 Å². The molecule has 0 spiro atoms. The van der Waals surface area contributed by atoms with Gasteiger partial charge < -0.3 is 10.1 Å². The SMILES string of the molecule is Cc1c(Br)cccc1NC(=O)c1cnc(OCc2ccccc2)cn1. The molecular formula is C19H16BrN3O2. The highest BCUT2D eigenvalue weighted by molar-refractivity contribution is 9.10. The summed E-state index contributed by atoms with van der Waals surface area (Å²) in [4.78, 5) is 20.6. The van der Waals surface area contributed by atoms with Crippen LogP contribution in [0.5, 0.6) is 5.88 Å². The molecule has 0 radical (unpaired) electrons. The van der Waals surface area contributed by atoms with E-state index in [1.807, 2.05) is 55.5 Å². The van der Waals surface area contributed by atoms with Crippen molar-refractivity contribution in [3.63, 3.8) is 0 Å². The number of carbonyl (C=O) groups is 1. The molecule has 0 bridgehead atoms. The van der Waals surface area contributed by atoms with Gasteiger partial charge >= 0.3 is 0 Å². The van der Waals surface area contributed by atoms with Crippen LogP contribution in [0.2, 0.25) is 0 Å². The van der Waals surface area contributed by atoms with Gasteiger partial charge in [-0.05, 0) is 30.2 Å². The molecule has 3 rings (SSSR count). The lowest BCUT2D eigenvalue weighted by Gasteiger charge is -2.09. The second kappa shape index (κ2) is 7.90.